The Bertz CT molecular complexity index is 487. The van der Waals surface area contributed by atoms with Gasteiger partial charge in [-0.1, -0.05) is 0 Å². The van der Waals surface area contributed by atoms with Crippen molar-refractivity contribution in [1.29, 1.82) is 0 Å². The van der Waals surface area contributed by atoms with E-state index in [1.165, 1.54) is 4.90 Å². The lowest BCUT2D eigenvalue weighted by Gasteiger charge is -2.31. The molecule has 28 heavy (non-hydrogen) atoms. The number of guanidine groups is 1. The summed E-state index contributed by atoms with van der Waals surface area (Å²) in [5.74, 6) is 0.0542. The van der Waals surface area contributed by atoms with Gasteiger partial charge < -0.3 is 34.5 Å². The number of hydrogen-bond acceptors (Lipinski definition) is 6. The van der Waals surface area contributed by atoms with Crippen LogP contribution < -0.4 is 10.6 Å². The van der Waals surface area contributed by atoms with Gasteiger partial charge in [0.05, 0.1) is 19.8 Å². The van der Waals surface area contributed by atoms with Crippen LogP contribution in [0, 0.1) is 0 Å². The average Bonchev–Trinajstić information content (AvgIpc) is 3.05. The van der Waals surface area contributed by atoms with Gasteiger partial charge in [-0.3, -0.25) is 4.79 Å². The van der Waals surface area contributed by atoms with Crippen molar-refractivity contribution in [1.82, 2.24) is 15.5 Å². The van der Waals surface area contributed by atoms with Crippen LogP contribution in [0.5, 0.6) is 0 Å². The van der Waals surface area contributed by atoms with E-state index in [1.54, 1.807) is 14.1 Å². The third kappa shape index (κ3) is 8.76. The van der Waals surface area contributed by atoms with Gasteiger partial charge in [0.1, 0.15) is 12.6 Å². The van der Waals surface area contributed by atoms with E-state index in [0.29, 0.717) is 52.1 Å². The molecule has 1 unspecified atom stereocenters. The Morgan fingerprint density at radius 2 is 2.04 bits per heavy atom. The maximum Gasteiger partial charge on any atom is 0.243 e. The Kier molecular flexibility index (Phi) is 12.2. The van der Waals surface area contributed by atoms with E-state index in [-0.39, 0.29) is 42.5 Å². The van der Waals surface area contributed by atoms with E-state index in [4.69, 9.17) is 18.9 Å². The SMILES string of the molecule is CCOCCCNC(=NCC(=O)N(C)C)NCC1COC2(CCOCC2)O1.I. The summed E-state index contributed by atoms with van der Waals surface area (Å²) in [7, 11) is 3.44. The Balaban J connectivity index is 0.00000392. The minimum Gasteiger partial charge on any atom is -0.382 e. The monoisotopic (exact) mass is 514 g/mol. The van der Waals surface area contributed by atoms with Crippen molar-refractivity contribution >= 4 is 35.8 Å². The molecule has 9 nitrogen and oxygen atoms in total. The lowest BCUT2D eigenvalue weighted by molar-refractivity contribution is -0.210. The fraction of sp³-hybridized carbons (Fsp3) is 0.889. The first-order valence-corrected chi connectivity index (χ1v) is 9.74. The van der Waals surface area contributed by atoms with Gasteiger partial charge in [0, 0.05) is 53.2 Å². The van der Waals surface area contributed by atoms with Crippen LogP contribution in [0.1, 0.15) is 26.2 Å². The van der Waals surface area contributed by atoms with Crippen molar-refractivity contribution in [3.63, 3.8) is 0 Å². The Labute approximate surface area is 184 Å². The Morgan fingerprint density at radius 3 is 2.71 bits per heavy atom. The van der Waals surface area contributed by atoms with Crippen LogP contribution in [0.15, 0.2) is 4.99 Å². The second kappa shape index (κ2) is 13.5. The molecule has 0 aromatic rings. The minimum atomic E-state index is -0.492. The molecule has 1 amide bonds. The second-order valence-electron chi connectivity index (χ2n) is 6.89. The van der Waals surface area contributed by atoms with E-state index >= 15 is 0 Å². The summed E-state index contributed by atoms with van der Waals surface area (Å²) in [4.78, 5) is 17.7. The number of hydrogen-bond donors (Lipinski definition) is 2. The zero-order chi connectivity index (χ0) is 19.5. The van der Waals surface area contributed by atoms with Gasteiger partial charge in [0.25, 0.3) is 0 Å². The van der Waals surface area contributed by atoms with Gasteiger partial charge in [-0.05, 0) is 13.3 Å². The molecule has 2 aliphatic rings. The van der Waals surface area contributed by atoms with Gasteiger partial charge in [-0.25, -0.2) is 4.99 Å². The highest BCUT2D eigenvalue weighted by atomic mass is 127. The van der Waals surface area contributed by atoms with Gasteiger partial charge in [0.15, 0.2) is 11.7 Å². The minimum absolute atomic E-state index is 0. The summed E-state index contributed by atoms with van der Waals surface area (Å²) in [6, 6.07) is 0. The third-order valence-electron chi connectivity index (χ3n) is 4.50. The molecule has 2 N–H and O–H groups in total. The number of amides is 1. The summed E-state index contributed by atoms with van der Waals surface area (Å²) in [6.45, 7) is 6.63. The predicted molar refractivity (Wildman–Crippen MR) is 117 cm³/mol. The van der Waals surface area contributed by atoms with Crippen LogP contribution in [0.2, 0.25) is 0 Å². The van der Waals surface area contributed by atoms with Crippen LogP contribution in [0.4, 0.5) is 0 Å². The van der Waals surface area contributed by atoms with Crippen LogP contribution in [-0.4, -0.2) is 95.4 Å². The molecule has 2 saturated heterocycles. The summed E-state index contributed by atoms with van der Waals surface area (Å²) in [5, 5.41) is 6.50. The van der Waals surface area contributed by atoms with E-state index in [2.05, 4.69) is 15.6 Å². The summed E-state index contributed by atoms with van der Waals surface area (Å²) in [6.07, 6.45) is 2.33. The van der Waals surface area contributed by atoms with Crippen molar-refractivity contribution in [3.05, 3.63) is 0 Å². The van der Waals surface area contributed by atoms with Crippen molar-refractivity contribution in [3.8, 4) is 0 Å². The number of rotatable bonds is 9. The number of likely N-dealkylation sites (N-methyl/N-ethyl adjacent to an activating group) is 1. The highest BCUT2D eigenvalue weighted by Gasteiger charge is 2.42. The number of nitrogens with zero attached hydrogens (tertiary/aromatic N) is 2. The van der Waals surface area contributed by atoms with Crippen molar-refractivity contribution < 1.29 is 23.7 Å². The van der Waals surface area contributed by atoms with Crippen molar-refractivity contribution in [2.24, 2.45) is 4.99 Å². The molecule has 2 rings (SSSR count). The fourth-order valence-electron chi connectivity index (χ4n) is 2.86. The smallest absolute Gasteiger partial charge is 0.243 e. The molecule has 0 saturated carbocycles. The molecule has 0 bridgehead atoms. The molecule has 0 radical (unpaired) electrons. The molecule has 2 heterocycles. The Hall–Kier alpha value is -0.690. The van der Waals surface area contributed by atoms with Crippen molar-refractivity contribution in [2.45, 2.75) is 38.1 Å². The molecule has 0 aromatic carbocycles. The highest BCUT2D eigenvalue weighted by Crippen LogP contribution is 2.32. The molecule has 1 atom stereocenters. The molecule has 0 aliphatic carbocycles. The lowest BCUT2D eigenvalue weighted by Crippen LogP contribution is -2.44. The summed E-state index contributed by atoms with van der Waals surface area (Å²) in [5.41, 5.74) is 0. The predicted octanol–water partition coefficient (Wildman–Crippen LogP) is 0.577. The molecular weight excluding hydrogens is 479 g/mol. The molecule has 10 heteroatoms. The van der Waals surface area contributed by atoms with E-state index in [0.717, 1.165) is 19.3 Å². The maximum absolute atomic E-state index is 11.8. The fourth-order valence-corrected chi connectivity index (χ4v) is 2.86. The quantitative estimate of drug-likeness (QED) is 0.201. The number of nitrogens with one attached hydrogen (secondary N) is 2. The zero-order valence-corrected chi connectivity index (χ0v) is 19.5. The molecule has 1 spiro atoms. The maximum atomic E-state index is 11.8. The first-order valence-electron chi connectivity index (χ1n) is 9.74. The number of ether oxygens (including phenoxy) is 4. The number of halogens is 1. The van der Waals surface area contributed by atoms with E-state index < -0.39 is 5.79 Å². The second-order valence-corrected chi connectivity index (χ2v) is 6.89. The summed E-state index contributed by atoms with van der Waals surface area (Å²) < 4.78 is 22.7. The van der Waals surface area contributed by atoms with Crippen LogP contribution in [-0.2, 0) is 23.7 Å². The van der Waals surface area contributed by atoms with Gasteiger partial charge >= 0.3 is 0 Å². The van der Waals surface area contributed by atoms with Gasteiger partial charge in [0.2, 0.25) is 5.91 Å². The number of carbonyl (C=O) groups is 1. The molecular formula is C18H35IN4O5. The first-order chi connectivity index (χ1) is 13.0. The third-order valence-corrected chi connectivity index (χ3v) is 4.50. The lowest BCUT2D eigenvalue weighted by atomic mass is 10.1. The zero-order valence-electron chi connectivity index (χ0n) is 17.2. The van der Waals surface area contributed by atoms with Crippen LogP contribution in [0.25, 0.3) is 0 Å². The van der Waals surface area contributed by atoms with Crippen LogP contribution in [0.3, 0.4) is 0 Å². The molecule has 2 aliphatic heterocycles. The largest absolute Gasteiger partial charge is 0.382 e. The average molecular weight is 514 g/mol. The molecule has 0 aromatic heterocycles. The standard InChI is InChI=1S/C18H34N4O5.HI/c1-4-24-9-5-8-19-17(21-13-16(23)22(2)3)20-12-15-14-26-18(27-15)6-10-25-11-7-18;/h15H,4-14H2,1-3H3,(H2,19,20,21);1H. The first kappa shape index (κ1) is 25.3. The Morgan fingerprint density at radius 1 is 1.29 bits per heavy atom. The summed E-state index contributed by atoms with van der Waals surface area (Å²) >= 11 is 0. The molecule has 2 fully saturated rings. The highest BCUT2D eigenvalue weighted by molar-refractivity contribution is 14.0. The number of carbonyl (C=O) groups excluding carboxylic acids is 1. The van der Waals surface area contributed by atoms with Crippen molar-refractivity contribution in [2.75, 3.05) is 66.8 Å². The number of aliphatic imine (C=N–C) groups is 1. The van der Waals surface area contributed by atoms with Crippen LogP contribution >= 0.6 is 24.0 Å². The van der Waals surface area contributed by atoms with E-state index in [1.807, 2.05) is 6.92 Å². The topological polar surface area (TPSA) is 93.7 Å². The van der Waals surface area contributed by atoms with Gasteiger partial charge in [-0.2, -0.15) is 0 Å². The normalized spacial score (nSPS) is 21.2. The van der Waals surface area contributed by atoms with E-state index in [9.17, 15) is 4.79 Å². The molecule has 164 valence electrons. The van der Waals surface area contributed by atoms with Gasteiger partial charge in [-0.15, -0.1) is 24.0 Å².